The summed E-state index contributed by atoms with van der Waals surface area (Å²) >= 11 is 6.15. The van der Waals surface area contributed by atoms with E-state index in [4.69, 9.17) is 11.6 Å². The van der Waals surface area contributed by atoms with Crippen molar-refractivity contribution in [2.45, 2.75) is 13.1 Å². The van der Waals surface area contributed by atoms with Gasteiger partial charge in [-0.25, -0.2) is 0 Å². The second-order valence-corrected chi connectivity index (χ2v) is 4.10. The highest BCUT2D eigenvalue weighted by Crippen LogP contribution is 2.18. The first-order chi connectivity index (χ1) is 6.63. The van der Waals surface area contributed by atoms with Gasteiger partial charge in [-0.2, -0.15) is 0 Å². The minimum atomic E-state index is 0.853. The normalized spacial score (nSPS) is 10.9. The molecule has 0 bridgehead atoms. The van der Waals surface area contributed by atoms with Gasteiger partial charge in [-0.05, 0) is 38.3 Å². The Morgan fingerprint density at radius 1 is 1.36 bits per heavy atom. The van der Waals surface area contributed by atoms with Gasteiger partial charge in [0.1, 0.15) is 0 Å². The summed E-state index contributed by atoms with van der Waals surface area (Å²) in [7, 11) is 6.01. The maximum atomic E-state index is 6.15. The minimum Gasteiger partial charge on any atom is -0.316 e. The molecule has 0 aliphatic heterocycles. The van der Waals surface area contributed by atoms with E-state index in [-0.39, 0.29) is 0 Å². The molecule has 1 rings (SSSR count). The molecule has 2 nitrogen and oxygen atoms in total. The van der Waals surface area contributed by atoms with Gasteiger partial charge in [0.25, 0.3) is 0 Å². The zero-order valence-corrected chi connectivity index (χ0v) is 9.73. The molecule has 14 heavy (non-hydrogen) atoms. The number of hydrogen-bond donors (Lipinski definition) is 1. The molecule has 0 radical (unpaired) electrons. The van der Waals surface area contributed by atoms with Crippen LogP contribution in [0.2, 0.25) is 5.02 Å². The summed E-state index contributed by atoms with van der Waals surface area (Å²) in [6.45, 7) is 1.75. The molecule has 0 atom stereocenters. The number of nitrogens with zero attached hydrogens (tertiary/aromatic N) is 1. The van der Waals surface area contributed by atoms with Crippen LogP contribution in [-0.2, 0) is 13.1 Å². The Kier molecular flexibility index (Phi) is 4.39. The van der Waals surface area contributed by atoms with Gasteiger partial charge in [0.15, 0.2) is 0 Å². The van der Waals surface area contributed by atoms with E-state index in [9.17, 15) is 0 Å². The Labute approximate surface area is 90.9 Å². The van der Waals surface area contributed by atoms with E-state index in [0.29, 0.717) is 0 Å². The fraction of sp³-hybridized carbons (Fsp3) is 0.455. The van der Waals surface area contributed by atoms with Crippen molar-refractivity contribution in [3.8, 4) is 0 Å². The van der Waals surface area contributed by atoms with Crippen molar-refractivity contribution < 1.29 is 0 Å². The quantitative estimate of drug-likeness (QED) is 0.823. The first kappa shape index (κ1) is 11.5. The molecule has 0 heterocycles. The smallest absolute Gasteiger partial charge is 0.0454 e. The van der Waals surface area contributed by atoms with Crippen LogP contribution in [0.1, 0.15) is 11.1 Å². The van der Waals surface area contributed by atoms with E-state index < -0.39 is 0 Å². The zero-order chi connectivity index (χ0) is 10.6. The Morgan fingerprint density at radius 3 is 2.57 bits per heavy atom. The average Bonchev–Trinajstić information content (AvgIpc) is 2.10. The van der Waals surface area contributed by atoms with Gasteiger partial charge in [-0.3, -0.25) is 0 Å². The second-order valence-electron chi connectivity index (χ2n) is 3.69. The van der Waals surface area contributed by atoms with Crippen LogP contribution in [-0.4, -0.2) is 26.0 Å². The van der Waals surface area contributed by atoms with Crippen molar-refractivity contribution in [3.05, 3.63) is 34.3 Å². The largest absolute Gasteiger partial charge is 0.316 e. The third-order valence-electron chi connectivity index (χ3n) is 1.98. The molecule has 0 fully saturated rings. The van der Waals surface area contributed by atoms with Gasteiger partial charge in [0.2, 0.25) is 0 Å². The van der Waals surface area contributed by atoms with Gasteiger partial charge in [-0.15, -0.1) is 0 Å². The predicted molar refractivity (Wildman–Crippen MR) is 61.6 cm³/mol. The third kappa shape index (κ3) is 3.29. The number of rotatable bonds is 4. The lowest BCUT2D eigenvalue weighted by Gasteiger charge is -2.12. The summed E-state index contributed by atoms with van der Waals surface area (Å²) in [5, 5.41) is 3.96. The molecule has 0 saturated heterocycles. The van der Waals surface area contributed by atoms with Gasteiger partial charge in [0, 0.05) is 18.1 Å². The summed E-state index contributed by atoms with van der Waals surface area (Å²) in [5.41, 5.74) is 2.40. The SMILES string of the molecule is CNCc1ccc(CN(C)C)c(Cl)c1. The third-order valence-corrected chi connectivity index (χ3v) is 2.34. The molecule has 0 saturated carbocycles. The molecule has 0 amide bonds. The molecule has 0 spiro atoms. The van der Waals surface area contributed by atoms with Gasteiger partial charge in [-0.1, -0.05) is 23.7 Å². The van der Waals surface area contributed by atoms with Crippen LogP contribution in [0.5, 0.6) is 0 Å². The van der Waals surface area contributed by atoms with Crippen molar-refractivity contribution in [2.75, 3.05) is 21.1 Å². The molecule has 1 aromatic carbocycles. The van der Waals surface area contributed by atoms with Crippen LogP contribution in [0.15, 0.2) is 18.2 Å². The lowest BCUT2D eigenvalue weighted by Crippen LogP contribution is -2.11. The molecule has 3 heteroatoms. The van der Waals surface area contributed by atoms with Crippen molar-refractivity contribution in [1.82, 2.24) is 10.2 Å². The highest BCUT2D eigenvalue weighted by atomic mass is 35.5. The van der Waals surface area contributed by atoms with E-state index in [1.54, 1.807) is 0 Å². The van der Waals surface area contributed by atoms with Crippen molar-refractivity contribution in [3.63, 3.8) is 0 Å². The van der Waals surface area contributed by atoms with Gasteiger partial charge >= 0.3 is 0 Å². The fourth-order valence-electron chi connectivity index (χ4n) is 1.37. The fourth-order valence-corrected chi connectivity index (χ4v) is 1.64. The van der Waals surface area contributed by atoms with Crippen molar-refractivity contribution in [2.24, 2.45) is 0 Å². The second kappa shape index (κ2) is 5.35. The summed E-state index contributed by atoms with van der Waals surface area (Å²) in [6, 6.07) is 6.23. The van der Waals surface area contributed by atoms with E-state index in [1.165, 1.54) is 11.1 Å². The summed E-state index contributed by atoms with van der Waals surface area (Å²) < 4.78 is 0. The summed E-state index contributed by atoms with van der Waals surface area (Å²) in [5.74, 6) is 0. The van der Waals surface area contributed by atoms with Crippen LogP contribution in [0.3, 0.4) is 0 Å². The number of halogens is 1. The maximum Gasteiger partial charge on any atom is 0.0454 e. The topological polar surface area (TPSA) is 15.3 Å². The Morgan fingerprint density at radius 2 is 2.07 bits per heavy atom. The number of benzene rings is 1. The summed E-state index contributed by atoms with van der Waals surface area (Å²) in [4.78, 5) is 2.11. The number of nitrogens with one attached hydrogen (secondary N) is 1. The minimum absolute atomic E-state index is 0.853. The van der Waals surface area contributed by atoms with E-state index in [2.05, 4.69) is 22.3 Å². The highest BCUT2D eigenvalue weighted by molar-refractivity contribution is 6.31. The molecule has 0 aromatic heterocycles. The first-order valence-corrected chi connectivity index (χ1v) is 5.08. The number of hydrogen-bond acceptors (Lipinski definition) is 2. The molecule has 0 unspecified atom stereocenters. The lowest BCUT2D eigenvalue weighted by molar-refractivity contribution is 0.402. The molecular weight excluding hydrogens is 196 g/mol. The molecule has 0 aliphatic carbocycles. The van der Waals surface area contributed by atoms with Gasteiger partial charge < -0.3 is 10.2 Å². The average molecular weight is 213 g/mol. The van der Waals surface area contributed by atoms with Crippen LogP contribution >= 0.6 is 11.6 Å². The van der Waals surface area contributed by atoms with Crippen LogP contribution in [0.4, 0.5) is 0 Å². The van der Waals surface area contributed by atoms with E-state index >= 15 is 0 Å². The van der Waals surface area contributed by atoms with Crippen molar-refractivity contribution in [1.29, 1.82) is 0 Å². The summed E-state index contributed by atoms with van der Waals surface area (Å²) in [6.07, 6.45) is 0. The lowest BCUT2D eigenvalue weighted by atomic mass is 10.1. The molecule has 0 aliphatic rings. The monoisotopic (exact) mass is 212 g/mol. The first-order valence-electron chi connectivity index (χ1n) is 4.70. The maximum absolute atomic E-state index is 6.15. The molecule has 1 aromatic rings. The molecule has 78 valence electrons. The Balaban J connectivity index is 2.79. The molecule has 1 N–H and O–H groups in total. The van der Waals surface area contributed by atoms with Crippen molar-refractivity contribution >= 4 is 11.6 Å². The van der Waals surface area contributed by atoms with Crippen LogP contribution in [0.25, 0.3) is 0 Å². The predicted octanol–water partition coefficient (Wildman–Crippen LogP) is 2.12. The Bertz CT molecular complexity index is 297. The highest BCUT2D eigenvalue weighted by Gasteiger charge is 2.02. The van der Waals surface area contributed by atoms with Crippen LogP contribution in [0, 0.1) is 0 Å². The van der Waals surface area contributed by atoms with E-state index in [1.807, 2.05) is 27.2 Å². The van der Waals surface area contributed by atoms with Crippen LogP contribution < -0.4 is 5.32 Å². The van der Waals surface area contributed by atoms with E-state index in [0.717, 1.165) is 18.1 Å². The zero-order valence-electron chi connectivity index (χ0n) is 8.97. The molecular formula is C11H17ClN2. The standard InChI is InChI=1S/C11H17ClN2/c1-13-7-9-4-5-10(8-14(2)3)11(12)6-9/h4-6,13H,7-8H2,1-3H3. The van der Waals surface area contributed by atoms with Gasteiger partial charge in [0.05, 0.1) is 0 Å². The Hall–Kier alpha value is -0.570.